The van der Waals surface area contributed by atoms with Crippen LogP contribution in [0.3, 0.4) is 0 Å². The summed E-state index contributed by atoms with van der Waals surface area (Å²) in [7, 11) is 0. The zero-order chi connectivity index (χ0) is 19.3. The lowest BCUT2D eigenvalue weighted by Crippen LogP contribution is -2.48. The summed E-state index contributed by atoms with van der Waals surface area (Å²) in [6.07, 6.45) is 9.60. The highest BCUT2D eigenvalue weighted by molar-refractivity contribution is 6.33. The second kappa shape index (κ2) is 8.93. The van der Waals surface area contributed by atoms with E-state index in [0.29, 0.717) is 16.6 Å². The van der Waals surface area contributed by atoms with Crippen molar-refractivity contribution >= 4 is 28.9 Å². The predicted octanol–water partition coefficient (Wildman–Crippen LogP) is 4.57. The molecule has 0 unspecified atom stereocenters. The fourth-order valence-corrected chi connectivity index (χ4v) is 4.47. The number of carbonyl (C=O) groups excluding carboxylic acids is 1. The zero-order valence-corrected chi connectivity index (χ0v) is 16.9. The summed E-state index contributed by atoms with van der Waals surface area (Å²) >= 11 is 6.43. The molecule has 2 saturated heterocycles. The largest absolute Gasteiger partial charge is 0.353 e. The fraction of sp³-hybridized carbons (Fsp3) is 0.455. The van der Waals surface area contributed by atoms with Crippen molar-refractivity contribution in [2.75, 3.05) is 31.5 Å². The van der Waals surface area contributed by atoms with Gasteiger partial charge in [-0.2, -0.15) is 0 Å². The Hall–Kier alpha value is -2.11. The van der Waals surface area contributed by atoms with Crippen molar-refractivity contribution in [2.45, 2.75) is 38.1 Å². The van der Waals surface area contributed by atoms with Crippen LogP contribution in [0.5, 0.6) is 0 Å². The summed E-state index contributed by atoms with van der Waals surface area (Å²) < 4.78 is 0. The normalized spacial score (nSPS) is 18.8. The molecule has 0 radical (unpaired) electrons. The van der Waals surface area contributed by atoms with Gasteiger partial charge in [0.15, 0.2) is 0 Å². The van der Waals surface area contributed by atoms with Gasteiger partial charge in [-0.15, -0.1) is 0 Å². The number of amides is 1. The average molecular weight is 399 g/mol. The lowest BCUT2D eigenvalue weighted by Gasteiger charge is -2.40. The number of anilines is 2. The number of aromatic nitrogens is 1. The minimum Gasteiger partial charge on any atom is -0.353 e. The minimum absolute atomic E-state index is 0.0759. The van der Waals surface area contributed by atoms with Crippen LogP contribution in [-0.2, 0) is 0 Å². The third-order valence-corrected chi connectivity index (χ3v) is 6.13. The Bertz CT molecular complexity index is 799. The molecule has 5 nitrogen and oxygen atoms in total. The number of likely N-dealkylation sites (tertiary alicyclic amines) is 2. The first kappa shape index (κ1) is 19.2. The van der Waals surface area contributed by atoms with Gasteiger partial charge in [-0.1, -0.05) is 18.0 Å². The molecule has 1 amide bonds. The van der Waals surface area contributed by atoms with Crippen molar-refractivity contribution in [3.05, 3.63) is 53.3 Å². The Kier molecular flexibility index (Phi) is 6.13. The smallest absolute Gasteiger partial charge is 0.253 e. The maximum absolute atomic E-state index is 12.9. The van der Waals surface area contributed by atoms with Crippen molar-refractivity contribution in [3.8, 4) is 0 Å². The number of nitrogens with zero attached hydrogens (tertiary/aromatic N) is 3. The van der Waals surface area contributed by atoms with Crippen LogP contribution in [0.2, 0.25) is 5.02 Å². The van der Waals surface area contributed by atoms with Crippen molar-refractivity contribution in [1.82, 2.24) is 14.8 Å². The molecule has 1 aromatic carbocycles. The van der Waals surface area contributed by atoms with E-state index < -0.39 is 0 Å². The number of pyridine rings is 1. The van der Waals surface area contributed by atoms with Crippen LogP contribution in [0.1, 0.15) is 42.5 Å². The molecule has 6 heteroatoms. The summed E-state index contributed by atoms with van der Waals surface area (Å²) in [5.74, 6) is 0.0759. The lowest BCUT2D eigenvalue weighted by molar-refractivity contribution is 0.0590. The first-order valence-electron chi connectivity index (χ1n) is 10.2. The summed E-state index contributed by atoms with van der Waals surface area (Å²) in [6, 6.07) is 9.90. The van der Waals surface area contributed by atoms with Crippen LogP contribution in [0, 0.1) is 0 Å². The van der Waals surface area contributed by atoms with Gasteiger partial charge in [0.1, 0.15) is 0 Å². The number of rotatable bonds is 4. The minimum atomic E-state index is 0.0759. The molecule has 2 fully saturated rings. The summed E-state index contributed by atoms with van der Waals surface area (Å²) in [6.45, 7) is 4.10. The van der Waals surface area contributed by atoms with E-state index in [9.17, 15) is 4.79 Å². The van der Waals surface area contributed by atoms with E-state index in [4.69, 9.17) is 11.6 Å². The van der Waals surface area contributed by atoms with Gasteiger partial charge in [-0.05, 0) is 69.1 Å². The quantitative estimate of drug-likeness (QED) is 0.819. The van der Waals surface area contributed by atoms with Gasteiger partial charge in [0.25, 0.3) is 5.91 Å². The van der Waals surface area contributed by atoms with Crippen LogP contribution in [-0.4, -0.2) is 52.9 Å². The van der Waals surface area contributed by atoms with Crippen LogP contribution in [0.25, 0.3) is 0 Å². The second-order valence-electron chi connectivity index (χ2n) is 7.68. The molecule has 2 aliphatic rings. The number of carbonyl (C=O) groups is 1. The van der Waals surface area contributed by atoms with E-state index in [0.717, 1.165) is 37.3 Å². The highest BCUT2D eigenvalue weighted by Gasteiger charge is 2.28. The monoisotopic (exact) mass is 398 g/mol. The van der Waals surface area contributed by atoms with E-state index in [-0.39, 0.29) is 5.91 Å². The number of benzene rings is 1. The van der Waals surface area contributed by atoms with Gasteiger partial charge in [-0.3, -0.25) is 9.78 Å². The first-order chi connectivity index (χ1) is 13.7. The molecule has 1 N–H and O–H groups in total. The van der Waals surface area contributed by atoms with E-state index in [2.05, 4.69) is 15.2 Å². The predicted molar refractivity (Wildman–Crippen MR) is 113 cm³/mol. The maximum Gasteiger partial charge on any atom is 0.253 e. The van der Waals surface area contributed by atoms with Crippen molar-refractivity contribution < 1.29 is 4.79 Å². The molecule has 4 rings (SSSR count). The van der Waals surface area contributed by atoms with Gasteiger partial charge in [0.05, 0.1) is 22.6 Å². The average Bonchev–Trinajstić information content (AvgIpc) is 2.76. The molecule has 0 saturated carbocycles. The van der Waals surface area contributed by atoms with E-state index >= 15 is 0 Å². The Balaban J connectivity index is 1.36. The van der Waals surface area contributed by atoms with Crippen LogP contribution in [0.4, 0.5) is 11.4 Å². The SMILES string of the molecule is O=C(c1ccc(Nc2cccnc2)c(Cl)c1)N1CCC(N2CCCCC2)CC1. The van der Waals surface area contributed by atoms with Crippen LogP contribution >= 0.6 is 11.6 Å². The highest BCUT2D eigenvalue weighted by atomic mass is 35.5. The number of hydrogen-bond acceptors (Lipinski definition) is 4. The van der Waals surface area contributed by atoms with Gasteiger partial charge in [0, 0.05) is 30.9 Å². The standard InChI is InChI=1S/C22H27ClN4O/c23-20-15-17(6-7-21(20)25-18-5-4-10-24-16-18)22(28)27-13-8-19(9-14-27)26-11-2-1-3-12-26/h4-7,10,15-16,19,25H,1-3,8-9,11-14H2. The molecule has 2 aromatic rings. The molecule has 148 valence electrons. The molecule has 28 heavy (non-hydrogen) atoms. The molecule has 3 heterocycles. The molecule has 0 atom stereocenters. The Morgan fingerprint density at radius 3 is 2.54 bits per heavy atom. The Morgan fingerprint density at radius 1 is 1.07 bits per heavy atom. The van der Waals surface area contributed by atoms with Crippen LogP contribution in [0.15, 0.2) is 42.7 Å². The molecule has 2 aliphatic heterocycles. The third-order valence-electron chi connectivity index (χ3n) is 5.82. The molecule has 1 aromatic heterocycles. The van der Waals surface area contributed by atoms with Crippen molar-refractivity contribution in [1.29, 1.82) is 0 Å². The van der Waals surface area contributed by atoms with Gasteiger partial charge in [0.2, 0.25) is 0 Å². The fourth-order valence-electron chi connectivity index (χ4n) is 4.24. The molecule has 0 aliphatic carbocycles. The van der Waals surface area contributed by atoms with Gasteiger partial charge >= 0.3 is 0 Å². The second-order valence-corrected chi connectivity index (χ2v) is 8.09. The van der Waals surface area contributed by atoms with Gasteiger partial charge in [-0.25, -0.2) is 0 Å². The Morgan fingerprint density at radius 2 is 1.86 bits per heavy atom. The first-order valence-corrected chi connectivity index (χ1v) is 10.6. The van der Waals surface area contributed by atoms with E-state index in [1.54, 1.807) is 18.5 Å². The summed E-state index contributed by atoms with van der Waals surface area (Å²) in [5, 5.41) is 3.77. The van der Waals surface area contributed by atoms with Crippen molar-refractivity contribution in [2.24, 2.45) is 0 Å². The maximum atomic E-state index is 12.9. The van der Waals surface area contributed by atoms with E-state index in [1.165, 1.54) is 32.4 Å². The number of halogens is 1. The summed E-state index contributed by atoms with van der Waals surface area (Å²) in [5.41, 5.74) is 2.29. The van der Waals surface area contributed by atoms with E-state index in [1.807, 2.05) is 29.2 Å². The topological polar surface area (TPSA) is 48.5 Å². The number of piperidine rings is 2. The molecule has 0 bridgehead atoms. The molecular formula is C22H27ClN4O. The van der Waals surface area contributed by atoms with Crippen molar-refractivity contribution in [3.63, 3.8) is 0 Å². The number of nitrogens with one attached hydrogen (secondary N) is 1. The molecule has 0 spiro atoms. The third kappa shape index (κ3) is 4.47. The van der Waals surface area contributed by atoms with Crippen LogP contribution < -0.4 is 5.32 Å². The zero-order valence-electron chi connectivity index (χ0n) is 16.1. The lowest BCUT2D eigenvalue weighted by atomic mass is 9.99. The number of hydrogen-bond donors (Lipinski definition) is 1. The summed E-state index contributed by atoms with van der Waals surface area (Å²) in [4.78, 5) is 21.6. The molecular weight excluding hydrogens is 372 g/mol. The highest BCUT2D eigenvalue weighted by Crippen LogP contribution is 2.28. The Labute approximate surface area is 171 Å². The van der Waals surface area contributed by atoms with Gasteiger partial charge < -0.3 is 15.1 Å².